The SMILES string of the molecule is COc1cccc([C@@H]2c3c(C)nn(-c4ccccc4)c3N=C3C(Nc4ccc5c(c4)OCO5)=Nc4ccccc4N32)c1OC. The van der Waals surface area contributed by atoms with E-state index in [1.165, 1.54) is 0 Å². The van der Waals surface area contributed by atoms with Crippen molar-refractivity contribution < 1.29 is 18.9 Å². The highest BCUT2D eigenvalue weighted by molar-refractivity contribution is 6.51. The molecule has 0 fully saturated rings. The minimum absolute atomic E-state index is 0.198. The Morgan fingerprint density at radius 2 is 1.66 bits per heavy atom. The number of para-hydroxylation sites is 4. The maximum Gasteiger partial charge on any atom is 0.231 e. The molecule has 4 heterocycles. The fourth-order valence-electron chi connectivity index (χ4n) is 6.08. The Balaban J connectivity index is 1.39. The molecule has 10 nitrogen and oxygen atoms in total. The standard InChI is InChI=1S/C34H28N6O4/c1-20-29-30(23-12-9-15-27(41-2)31(23)42-3)39-25-14-8-7-13-24(25)36-32(35-21-16-17-26-28(18-21)44-19-43-26)34(39)37-33(29)40(38-20)22-10-5-4-6-11-22/h4-18,30H,19H2,1-3H3,(H,35,36)/t30-/m1/s1. The summed E-state index contributed by atoms with van der Waals surface area (Å²) in [6.07, 6.45) is 0. The largest absolute Gasteiger partial charge is 0.493 e. The number of nitrogens with zero attached hydrogens (tertiary/aromatic N) is 5. The molecule has 3 aliphatic rings. The zero-order chi connectivity index (χ0) is 29.8. The lowest BCUT2D eigenvalue weighted by molar-refractivity contribution is 0.174. The molecule has 218 valence electrons. The van der Waals surface area contributed by atoms with Gasteiger partial charge >= 0.3 is 0 Å². The van der Waals surface area contributed by atoms with E-state index in [2.05, 4.69) is 22.3 Å². The van der Waals surface area contributed by atoms with E-state index >= 15 is 0 Å². The van der Waals surface area contributed by atoms with Gasteiger partial charge in [0.2, 0.25) is 6.79 Å². The summed E-state index contributed by atoms with van der Waals surface area (Å²) in [5, 5.41) is 8.55. The molecule has 5 aromatic rings. The Morgan fingerprint density at radius 1 is 0.841 bits per heavy atom. The van der Waals surface area contributed by atoms with Gasteiger partial charge in [-0.2, -0.15) is 5.10 Å². The normalized spacial score (nSPS) is 15.9. The zero-order valence-electron chi connectivity index (χ0n) is 24.3. The van der Waals surface area contributed by atoms with Crippen LogP contribution in [0.25, 0.3) is 5.69 Å². The van der Waals surface area contributed by atoms with Crippen LogP contribution < -0.4 is 29.2 Å². The fourth-order valence-corrected chi connectivity index (χ4v) is 6.08. The number of amidine groups is 2. The first-order valence-corrected chi connectivity index (χ1v) is 14.2. The van der Waals surface area contributed by atoms with Gasteiger partial charge in [0.1, 0.15) is 0 Å². The van der Waals surface area contributed by atoms with E-state index in [0.29, 0.717) is 34.7 Å². The molecule has 1 atom stereocenters. The fraction of sp³-hybridized carbons (Fsp3) is 0.147. The zero-order valence-corrected chi connectivity index (χ0v) is 24.3. The van der Waals surface area contributed by atoms with Crippen LogP contribution in [-0.4, -0.2) is 42.5 Å². The van der Waals surface area contributed by atoms with Gasteiger partial charge in [0.25, 0.3) is 0 Å². The van der Waals surface area contributed by atoms with Crippen molar-refractivity contribution in [2.75, 3.05) is 31.2 Å². The summed E-state index contributed by atoms with van der Waals surface area (Å²) in [4.78, 5) is 12.6. The molecule has 0 saturated heterocycles. The summed E-state index contributed by atoms with van der Waals surface area (Å²) in [6, 6.07) is 29.4. The molecular formula is C34H28N6O4. The average Bonchev–Trinajstić information content (AvgIpc) is 3.67. The lowest BCUT2D eigenvalue weighted by Gasteiger charge is -2.41. The molecule has 1 aromatic heterocycles. The predicted octanol–water partition coefficient (Wildman–Crippen LogP) is 6.72. The van der Waals surface area contributed by atoms with Crippen molar-refractivity contribution >= 4 is 34.6 Å². The van der Waals surface area contributed by atoms with Gasteiger partial charge in [0.05, 0.1) is 43.0 Å². The highest BCUT2D eigenvalue weighted by atomic mass is 16.7. The van der Waals surface area contributed by atoms with Crippen LogP contribution in [0.1, 0.15) is 22.9 Å². The monoisotopic (exact) mass is 584 g/mol. The van der Waals surface area contributed by atoms with Crippen LogP contribution in [0.5, 0.6) is 23.0 Å². The Kier molecular flexibility index (Phi) is 6.00. The summed E-state index contributed by atoms with van der Waals surface area (Å²) in [7, 11) is 3.31. The maximum absolute atomic E-state index is 6.01. The molecule has 1 N–H and O–H groups in total. The topological polar surface area (TPSA) is 94.7 Å². The van der Waals surface area contributed by atoms with Gasteiger partial charge < -0.3 is 29.2 Å². The number of ether oxygens (including phenoxy) is 4. The van der Waals surface area contributed by atoms with Crippen LogP contribution in [0.4, 0.5) is 22.9 Å². The number of rotatable bonds is 5. The van der Waals surface area contributed by atoms with Gasteiger partial charge in [-0.1, -0.05) is 42.5 Å². The molecule has 0 amide bonds. The second kappa shape index (κ2) is 10.2. The van der Waals surface area contributed by atoms with Crippen molar-refractivity contribution in [3.8, 4) is 28.7 Å². The first-order valence-electron chi connectivity index (χ1n) is 14.2. The van der Waals surface area contributed by atoms with E-state index < -0.39 is 0 Å². The number of aliphatic imine (C=N–C) groups is 2. The van der Waals surface area contributed by atoms with Gasteiger partial charge in [-0.25, -0.2) is 14.7 Å². The number of nitrogens with one attached hydrogen (secondary N) is 1. The molecule has 0 radical (unpaired) electrons. The molecule has 0 unspecified atom stereocenters. The van der Waals surface area contributed by atoms with Crippen molar-refractivity contribution in [3.63, 3.8) is 0 Å². The summed E-state index contributed by atoms with van der Waals surface area (Å²) in [6.45, 7) is 2.22. The number of aryl methyl sites for hydroxylation is 1. The Bertz CT molecular complexity index is 1980. The molecule has 10 heteroatoms. The van der Waals surface area contributed by atoms with Crippen LogP contribution in [0.15, 0.2) is 101 Å². The third-order valence-corrected chi connectivity index (χ3v) is 8.00. The average molecular weight is 585 g/mol. The number of benzene rings is 4. The van der Waals surface area contributed by atoms with E-state index in [-0.39, 0.29) is 12.8 Å². The van der Waals surface area contributed by atoms with E-state index in [1.54, 1.807) is 14.2 Å². The van der Waals surface area contributed by atoms with Crippen molar-refractivity contribution in [2.24, 2.45) is 9.98 Å². The maximum atomic E-state index is 6.01. The lowest BCUT2D eigenvalue weighted by atomic mass is 9.92. The van der Waals surface area contributed by atoms with Crippen LogP contribution in [0.3, 0.4) is 0 Å². The first-order chi connectivity index (χ1) is 21.6. The van der Waals surface area contributed by atoms with Gasteiger partial charge in [0, 0.05) is 22.9 Å². The highest BCUT2D eigenvalue weighted by Gasteiger charge is 2.43. The van der Waals surface area contributed by atoms with Gasteiger partial charge in [0.15, 0.2) is 40.5 Å². The van der Waals surface area contributed by atoms with Crippen molar-refractivity contribution in [1.29, 1.82) is 0 Å². The second-order valence-corrected chi connectivity index (χ2v) is 10.5. The second-order valence-electron chi connectivity index (χ2n) is 10.5. The number of aromatic nitrogens is 2. The van der Waals surface area contributed by atoms with Gasteiger partial charge in [-0.3, -0.25) is 0 Å². The van der Waals surface area contributed by atoms with Crippen molar-refractivity contribution in [2.45, 2.75) is 13.0 Å². The lowest BCUT2D eigenvalue weighted by Crippen LogP contribution is -2.46. The molecule has 8 rings (SSSR count). The van der Waals surface area contributed by atoms with E-state index in [1.807, 2.05) is 90.5 Å². The minimum Gasteiger partial charge on any atom is -0.493 e. The predicted molar refractivity (Wildman–Crippen MR) is 169 cm³/mol. The third kappa shape index (κ3) is 3.98. The molecule has 0 saturated carbocycles. The van der Waals surface area contributed by atoms with Crippen molar-refractivity contribution in [3.05, 3.63) is 108 Å². The Hall–Kier alpha value is -5.77. The van der Waals surface area contributed by atoms with Gasteiger partial charge in [-0.15, -0.1) is 0 Å². The molecule has 3 aliphatic heterocycles. The van der Waals surface area contributed by atoms with E-state index in [4.69, 9.17) is 34.0 Å². The molecule has 0 spiro atoms. The molecular weight excluding hydrogens is 556 g/mol. The van der Waals surface area contributed by atoms with E-state index in [9.17, 15) is 0 Å². The highest BCUT2D eigenvalue weighted by Crippen LogP contribution is 2.51. The van der Waals surface area contributed by atoms with Crippen LogP contribution in [-0.2, 0) is 0 Å². The minimum atomic E-state index is -0.370. The van der Waals surface area contributed by atoms with E-state index in [0.717, 1.165) is 45.4 Å². The molecule has 44 heavy (non-hydrogen) atoms. The first kappa shape index (κ1) is 25.9. The number of hydrogen-bond acceptors (Lipinski definition) is 9. The quantitative estimate of drug-likeness (QED) is 0.245. The summed E-state index contributed by atoms with van der Waals surface area (Å²) in [5.41, 5.74) is 6.15. The number of hydrogen-bond donors (Lipinski definition) is 1. The molecule has 0 bridgehead atoms. The molecule has 4 aromatic carbocycles. The van der Waals surface area contributed by atoms with Crippen LogP contribution in [0, 0.1) is 6.92 Å². The summed E-state index contributed by atoms with van der Waals surface area (Å²) < 4.78 is 24.8. The van der Waals surface area contributed by atoms with Crippen LogP contribution in [0.2, 0.25) is 0 Å². The smallest absolute Gasteiger partial charge is 0.231 e. The Labute approximate surface area is 253 Å². The Morgan fingerprint density at radius 3 is 2.50 bits per heavy atom. The summed E-state index contributed by atoms with van der Waals surface area (Å²) >= 11 is 0. The van der Waals surface area contributed by atoms with Gasteiger partial charge in [-0.05, 0) is 49.4 Å². The summed E-state index contributed by atoms with van der Waals surface area (Å²) in [5.74, 6) is 4.60. The number of anilines is 2. The molecule has 0 aliphatic carbocycles. The number of methoxy groups -OCH3 is 2. The van der Waals surface area contributed by atoms with Crippen LogP contribution >= 0.6 is 0 Å². The third-order valence-electron chi connectivity index (χ3n) is 8.00. The van der Waals surface area contributed by atoms with Crippen molar-refractivity contribution in [1.82, 2.24) is 9.78 Å². The number of fused-ring (bicyclic) bond motifs is 5.